The molecule has 4 nitrogen and oxygen atoms in total. The molecule has 0 aromatic rings. The Morgan fingerprint density at radius 2 is 0.767 bits per heavy atom. The van der Waals surface area contributed by atoms with Gasteiger partial charge in [-0.15, -0.1) is 0 Å². The monoisotopic (exact) mass is 447 g/mol. The lowest BCUT2D eigenvalue weighted by Gasteiger charge is -2.39. The lowest BCUT2D eigenvalue weighted by Crippen LogP contribution is -2.53. The van der Waals surface area contributed by atoms with Crippen molar-refractivity contribution in [2.24, 2.45) is 0 Å². The molecular weight excluding hydrogens is 394 g/mol. The fraction of sp³-hybridized carbons (Fsp3) is 1.00. The summed E-state index contributed by atoms with van der Waals surface area (Å²) < 4.78 is 35.9. The molecule has 0 fully saturated rings. The summed E-state index contributed by atoms with van der Waals surface area (Å²) >= 11 is 0. The van der Waals surface area contributed by atoms with Crippen molar-refractivity contribution in [1.29, 1.82) is 0 Å². The van der Waals surface area contributed by atoms with E-state index in [9.17, 15) is 13.0 Å². The van der Waals surface area contributed by atoms with Gasteiger partial charge in [-0.25, -0.2) is 8.42 Å². The molecule has 0 aromatic carbocycles. The first-order valence-electron chi connectivity index (χ1n) is 13.2. The highest BCUT2D eigenvalue weighted by Gasteiger charge is 2.28. The van der Waals surface area contributed by atoms with Crippen molar-refractivity contribution in [1.82, 2.24) is 0 Å². The molecule has 0 radical (unpaired) electrons. The fourth-order valence-corrected chi connectivity index (χ4v) is 5.61. The molecule has 0 aliphatic heterocycles. The average molecular weight is 448 g/mol. The second-order valence-corrected chi connectivity index (χ2v) is 10.9. The van der Waals surface area contributed by atoms with Crippen LogP contribution in [0.2, 0.25) is 0 Å². The number of unbranched alkanes of at least 4 members (excludes halogenated alkanes) is 15. The summed E-state index contributed by atoms with van der Waals surface area (Å²) in [5.74, 6) is -0.203. The van der Waals surface area contributed by atoms with Crippen LogP contribution in [0.1, 0.15) is 136 Å². The van der Waals surface area contributed by atoms with Gasteiger partial charge >= 0.3 is 0 Å². The number of hydrogen-bond donors (Lipinski definition) is 0. The van der Waals surface area contributed by atoms with Crippen molar-refractivity contribution in [3.05, 3.63) is 0 Å². The standard InChI is InChI=1S/C25H53NO3S/c1-4-7-10-13-16-19-22-26(25-30(27,28)29,23-20-17-14-11-8-5-2)24-21-18-15-12-9-6-3/h4-25H2,1-3H3. The summed E-state index contributed by atoms with van der Waals surface area (Å²) in [7, 11) is -4.21. The van der Waals surface area contributed by atoms with Gasteiger partial charge in [0, 0.05) is 0 Å². The molecule has 182 valence electrons. The van der Waals surface area contributed by atoms with Gasteiger partial charge in [0.05, 0.1) is 19.6 Å². The Morgan fingerprint density at radius 3 is 1.03 bits per heavy atom. The number of quaternary nitrogens is 1. The lowest BCUT2D eigenvalue weighted by molar-refractivity contribution is -0.918. The van der Waals surface area contributed by atoms with Crippen molar-refractivity contribution in [2.45, 2.75) is 136 Å². The highest BCUT2D eigenvalue weighted by Crippen LogP contribution is 2.20. The van der Waals surface area contributed by atoms with Gasteiger partial charge in [-0.1, -0.05) is 97.8 Å². The third-order valence-corrected chi connectivity index (χ3v) is 7.25. The highest BCUT2D eigenvalue weighted by atomic mass is 32.2. The van der Waals surface area contributed by atoms with Crippen molar-refractivity contribution >= 4 is 10.1 Å². The second kappa shape index (κ2) is 19.5. The predicted octanol–water partition coefficient (Wildman–Crippen LogP) is 7.39. The molecule has 5 heteroatoms. The Balaban J connectivity index is 4.79. The van der Waals surface area contributed by atoms with Crippen molar-refractivity contribution < 1.29 is 17.5 Å². The first-order chi connectivity index (χ1) is 14.4. The quantitative estimate of drug-likeness (QED) is 0.0932. The molecular formula is C25H53NO3S. The molecule has 0 aromatic heterocycles. The van der Waals surface area contributed by atoms with E-state index in [-0.39, 0.29) is 5.88 Å². The maximum absolute atomic E-state index is 11.8. The van der Waals surface area contributed by atoms with E-state index in [1.807, 2.05) is 0 Å². The minimum absolute atomic E-state index is 0.203. The zero-order valence-electron chi connectivity index (χ0n) is 20.6. The van der Waals surface area contributed by atoms with Gasteiger partial charge in [-0.2, -0.15) is 0 Å². The van der Waals surface area contributed by atoms with E-state index in [1.165, 1.54) is 77.0 Å². The van der Waals surface area contributed by atoms with E-state index in [1.54, 1.807) is 0 Å². The minimum atomic E-state index is -4.21. The Morgan fingerprint density at radius 1 is 0.500 bits per heavy atom. The molecule has 0 saturated heterocycles. The van der Waals surface area contributed by atoms with Crippen LogP contribution in [0.25, 0.3) is 0 Å². The van der Waals surface area contributed by atoms with E-state index < -0.39 is 10.1 Å². The molecule has 0 rings (SSSR count). The van der Waals surface area contributed by atoms with E-state index in [2.05, 4.69) is 20.8 Å². The Labute approximate surface area is 189 Å². The van der Waals surface area contributed by atoms with Crippen molar-refractivity contribution in [3.63, 3.8) is 0 Å². The molecule has 0 spiro atoms. The molecule has 0 bridgehead atoms. The molecule has 0 saturated carbocycles. The van der Waals surface area contributed by atoms with Crippen LogP contribution in [-0.2, 0) is 10.1 Å². The molecule has 0 aliphatic carbocycles. The maximum Gasteiger partial charge on any atom is 0.169 e. The number of nitrogens with zero attached hydrogens (tertiary/aromatic N) is 1. The van der Waals surface area contributed by atoms with Gasteiger partial charge in [0.15, 0.2) is 5.88 Å². The van der Waals surface area contributed by atoms with E-state index in [4.69, 9.17) is 0 Å². The molecule has 0 aliphatic rings. The largest absolute Gasteiger partial charge is 0.744 e. The van der Waals surface area contributed by atoms with Crippen molar-refractivity contribution in [2.75, 3.05) is 25.5 Å². The molecule has 0 heterocycles. The van der Waals surface area contributed by atoms with Gasteiger partial charge in [-0.05, 0) is 38.5 Å². The van der Waals surface area contributed by atoms with Crippen LogP contribution in [0.4, 0.5) is 0 Å². The molecule has 0 unspecified atom stereocenters. The third kappa shape index (κ3) is 18.6. The van der Waals surface area contributed by atoms with Crippen molar-refractivity contribution in [3.8, 4) is 0 Å². The molecule has 0 atom stereocenters. The molecule has 0 amide bonds. The van der Waals surface area contributed by atoms with Crippen LogP contribution in [0, 0.1) is 0 Å². The smallest absolute Gasteiger partial charge is 0.169 e. The topological polar surface area (TPSA) is 57.2 Å². The summed E-state index contributed by atoms with van der Waals surface area (Å²) in [5, 5.41) is 0. The average Bonchev–Trinajstić information content (AvgIpc) is 2.69. The van der Waals surface area contributed by atoms with Crippen LogP contribution in [-0.4, -0.2) is 43.0 Å². The number of hydrogen-bond acceptors (Lipinski definition) is 3. The van der Waals surface area contributed by atoms with E-state index >= 15 is 0 Å². The minimum Gasteiger partial charge on any atom is -0.744 e. The molecule has 0 N–H and O–H groups in total. The van der Waals surface area contributed by atoms with Crippen LogP contribution >= 0.6 is 0 Å². The Hall–Kier alpha value is -0.130. The van der Waals surface area contributed by atoms with Crippen LogP contribution in [0.15, 0.2) is 0 Å². The zero-order chi connectivity index (χ0) is 22.6. The normalized spacial score (nSPS) is 12.5. The first-order valence-corrected chi connectivity index (χ1v) is 14.8. The van der Waals surface area contributed by atoms with Crippen LogP contribution in [0.5, 0.6) is 0 Å². The zero-order valence-corrected chi connectivity index (χ0v) is 21.5. The van der Waals surface area contributed by atoms with Crippen LogP contribution < -0.4 is 0 Å². The Bertz CT molecular complexity index is 424. The Kier molecular flexibility index (Phi) is 19.5. The summed E-state index contributed by atoms with van der Waals surface area (Å²) in [5.41, 5.74) is 0. The second-order valence-electron chi connectivity index (χ2n) is 9.50. The summed E-state index contributed by atoms with van der Waals surface area (Å²) in [4.78, 5) is 0. The SMILES string of the molecule is CCCCCCCC[N+](CCCCCCCC)(CCCCCCCC)CS(=O)(=O)[O-]. The van der Waals surface area contributed by atoms with Gasteiger partial charge < -0.3 is 9.04 Å². The highest BCUT2D eigenvalue weighted by molar-refractivity contribution is 7.85. The van der Waals surface area contributed by atoms with Gasteiger partial charge in [0.1, 0.15) is 10.1 Å². The summed E-state index contributed by atoms with van der Waals surface area (Å²) in [6, 6.07) is 0. The van der Waals surface area contributed by atoms with Crippen LogP contribution in [0.3, 0.4) is 0 Å². The van der Waals surface area contributed by atoms with Gasteiger partial charge in [0.25, 0.3) is 0 Å². The predicted molar refractivity (Wildman–Crippen MR) is 130 cm³/mol. The first kappa shape index (κ1) is 29.9. The summed E-state index contributed by atoms with van der Waals surface area (Å²) in [6.07, 6.45) is 21.7. The maximum atomic E-state index is 11.8. The summed E-state index contributed by atoms with van der Waals surface area (Å²) in [6.45, 7) is 9.25. The van der Waals surface area contributed by atoms with Gasteiger partial charge in [0.2, 0.25) is 0 Å². The van der Waals surface area contributed by atoms with E-state index in [0.717, 1.165) is 58.2 Å². The van der Waals surface area contributed by atoms with Gasteiger partial charge in [-0.3, -0.25) is 0 Å². The fourth-order valence-electron chi connectivity index (χ4n) is 4.55. The third-order valence-electron chi connectivity index (χ3n) is 6.39. The molecule has 30 heavy (non-hydrogen) atoms. The number of rotatable bonds is 23. The lowest BCUT2D eigenvalue weighted by atomic mass is 10.1. The van der Waals surface area contributed by atoms with E-state index in [0.29, 0.717) is 4.48 Å².